The summed E-state index contributed by atoms with van der Waals surface area (Å²) >= 11 is 7.70. The molecule has 0 N–H and O–H groups in total. The van der Waals surface area contributed by atoms with E-state index in [1.807, 2.05) is 30.3 Å². The van der Waals surface area contributed by atoms with Crippen LogP contribution >= 0.6 is 22.9 Å². The monoisotopic (exact) mass is 402 g/mol. The van der Waals surface area contributed by atoms with Crippen LogP contribution in [0.25, 0.3) is 26.9 Å². The molecule has 0 aliphatic rings. The number of hydrogen-bond acceptors (Lipinski definition) is 7. The summed E-state index contributed by atoms with van der Waals surface area (Å²) < 4.78 is 17.9. The molecule has 0 radical (unpaired) electrons. The first-order valence-electron chi connectivity index (χ1n) is 7.93. The molecule has 0 aliphatic carbocycles. The Balaban J connectivity index is 1.88. The lowest BCUT2D eigenvalue weighted by Gasteiger charge is -2.12. The van der Waals surface area contributed by atoms with Crippen LogP contribution in [0, 0.1) is 0 Å². The first kappa shape index (κ1) is 17.6. The van der Waals surface area contributed by atoms with Gasteiger partial charge >= 0.3 is 0 Å². The van der Waals surface area contributed by atoms with Crippen molar-refractivity contribution < 1.29 is 14.2 Å². The van der Waals surface area contributed by atoms with E-state index in [-0.39, 0.29) is 0 Å². The van der Waals surface area contributed by atoms with Crippen LogP contribution in [0.2, 0.25) is 5.02 Å². The third-order valence-corrected chi connectivity index (χ3v) is 5.30. The minimum atomic E-state index is 0.581. The van der Waals surface area contributed by atoms with Crippen molar-refractivity contribution >= 4 is 27.9 Å². The van der Waals surface area contributed by atoms with E-state index in [0.29, 0.717) is 38.1 Å². The standard InChI is InChI=1S/C18H15ClN4O3S/c1-24-13-9-15(26-3)14(25-2)8-11(13)17-22-23-16(20-21-18(23)27-17)10-6-4-5-7-12(10)19/h4-9H,1-3H3. The van der Waals surface area contributed by atoms with Gasteiger partial charge < -0.3 is 14.2 Å². The maximum Gasteiger partial charge on any atom is 0.235 e. The van der Waals surface area contributed by atoms with E-state index >= 15 is 0 Å². The number of halogens is 1. The van der Waals surface area contributed by atoms with Gasteiger partial charge in [0, 0.05) is 11.6 Å². The van der Waals surface area contributed by atoms with E-state index in [2.05, 4.69) is 15.3 Å². The maximum absolute atomic E-state index is 6.30. The summed E-state index contributed by atoms with van der Waals surface area (Å²) in [5, 5.41) is 14.4. The van der Waals surface area contributed by atoms with Crippen molar-refractivity contribution in [1.82, 2.24) is 19.8 Å². The predicted octanol–water partition coefficient (Wildman–Crippen LogP) is 4.20. The van der Waals surface area contributed by atoms with Gasteiger partial charge in [0.2, 0.25) is 4.96 Å². The van der Waals surface area contributed by atoms with Gasteiger partial charge in [0.25, 0.3) is 0 Å². The summed E-state index contributed by atoms with van der Waals surface area (Å²) in [7, 11) is 4.76. The van der Waals surface area contributed by atoms with Crippen molar-refractivity contribution in [1.29, 1.82) is 0 Å². The van der Waals surface area contributed by atoms with Gasteiger partial charge in [-0.2, -0.15) is 9.61 Å². The van der Waals surface area contributed by atoms with E-state index in [9.17, 15) is 0 Å². The van der Waals surface area contributed by atoms with E-state index in [4.69, 9.17) is 25.8 Å². The normalized spacial score (nSPS) is 11.0. The van der Waals surface area contributed by atoms with Crippen LogP contribution in [-0.4, -0.2) is 41.1 Å². The summed E-state index contributed by atoms with van der Waals surface area (Å²) in [6.45, 7) is 0. The summed E-state index contributed by atoms with van der Waals surface area (Å²) in [5.74, 6) is 2.37. The molecule has 0 fully saturated rings. The zero-order chi connectivity index (χ0) is 19.0. The fourth-order valence-electron chi connectivity index (χ4n) is 2.73. The molecule has 4 rings (SSSR count). The Labute approximate surface area is 164 Å². The van der Waals surface area contributed by atoms with Crippen molar-refractivity contribution in [3.8, 4) is 39.2 Å². The fourth-order valence-corrected chi connectivity index (χ4v) is 3.81. The van der Waals surface area contributed by atoms with Gasteiger partial charge in [0.05, 0.1) is 31.9 Å². The van der Waals surface area contributed by atoms with Crippen LogP contribution < -0.4 is 14.2 Å². The van der Waals surface area contributed by atoms with Crippen molar-refractivity contribution in [3.63, 3.8) is 0 Å². The number of nitrogens with zero attached hydrogens (tertiary/aromatic N) is 4. The largest absolute Gasteiger partial charge is 0.496 e. The highest BCUT2D eigenvalue weighted by atomic mass is 35.5. The van der Waals surface area contributed by atoms with E-state index < -0.39 is 0 Å². The molecular formula is C18H15ClN4O3S. The SMILES string of the molecule is COc1cc(OC)c(-c2nn3c(-c4ccccc4Cl)nnc3s2)cc1OC. The molecule has 0 saturated heterocycles. The molecule has 9 heteroatoms. The topological polar surface area (TPSA) is 70.8 Å². The molecule has 0 saturated carbocycles. The van der Waals surface area contributed by atoms with Gasteiger partial charge in [-0.15, -0.1) is 10.2 Å². The second-order valence-electron chi connectivity index (χ2n) is 5.51. The second-order valence-corrected chi connectivity index (χ2v) is 6.88. The van der Waals surface area contributed by atoms with Crippen molar-refractivity contribution in [2.45, 2.75) is 0 Å². The molecule has 2 aromatic heterocycles. The van der Waals surface area contributed by atoms with Crippen LogP contribution in [0.5, 0.6) is 17.2 Å². The van der Waals surface area contributed by atoms with E-state index in [0.717, 1.165) is 11.1 Å². The second kappa shape index (κ2) is 7.05. The molecular weight excluding hydrogens is 388 g/mol. The maximum atomic E-state index is 6.30. The zero-order valence-electron chi connectivity index (χ0n) is 14.8. The molecule has 7 nitrogen and oxygen atoms in total. The molecule has 2 aromatic carbocycles. The van der Waals surface area contributed by atoms with Gasteiger partial charge in [-0.25, -0.2) is 0 Å². The molecule has 2 heterocycles. The predicted molar refractivity (Wildman–Crippen MR) is 104 cm³/mol. The minimum absolute atomic E-state index is 0.581. The molecule has 0 spiro atoms. The van der Waals surface area contributed by atoms with Crippen molar-refractivity contribution in [2.24, 2.45) is 0 Å². The minimum Gasteiger partial charge on any atom is -0.496 e. The highest BCUT2D eigenvalue weighted by Crippen LogP contribution is 2.41. The summed E-state index contributed by atoms with van der Waals surface area (Å²) in [6.07, 6.45) is 0. The Morgan fingerprint density at radius 1 is 0.889 bits per heavy atom. The quantitative estimate of drug-likeness (QED) is 0.498. The molecule has 0 atom stereocenters. The van der Waals surface area contributed by atoms with Crippen LogP contribution in [0.4, 0.5) is 0 Å². The van der Waals surface area contributed by atoms with Crippen molar-refractivity contribution in [2.75, 3.05) is 21.3 Å². The average Bonchev–Trinajstić information content (AvgIpc) is 3.28. The molecule has 27 heavy (non-hydrogen) atoms. The average molecular weight is 403 g/mol. The van der Waals surface area contributed by atoms with E-state index in [1.54, 1.807) is 31.9 Å². The number of fused-ring (bicyclic) bond motifs is 1. The molecule has 4 aromatic rings. The van der Waals surface area contributed by atoms with Crippen LogP contribution in [-0.2, 0) is 0 Å². The molecule has 0 aliphatic heterocycles. The highest BCUT2D eigenvalue weighted by molar-refractivity contribution is 7.19. The number of aromatic nitrogens is 4. The van der Waals surface area contributed by atoms with Crippen LogP contribution in [0.1, 0.15) is 0 Å². The molecule has 0 bridgehead atoms. The van der Waals surface area contributed by atoms with Gasteiger partial charge in [-0.05, 0) is 18.2 Å². The Morgan fingerprint density at radius 2 is 1.59 bits per heavy atom. The van der Waals surface area contributed by atoms with Gasteiger partial charge in [-0.3, -0.25) is 0 Å². The molecule has 0 amide bonds. The first-order valence-corrected chi connectivity index (χ1v) is 9.13. The third-order valence-electron chi connectivity index (χ3n) is 4.04. The number of ether oxygens (including phenoxy) is 3. The fraction of sp³-hybridized carbons (Fsp3) is 0.167. The Hall–Kier alpha value is -2.84. The van der Waals surface area contributed by atoms with Crippen molar-refractivity contribution in [3.05, 3.63) is 41.4 Å². The summed E-state index contributed by atoms with van der Waals surface area (Å²) in [4.78, 5) is 0.650. The Morgan fingerprint density at radius 3 is 2.30 bits per heavy atom. The number of hydrogen-bond donors (Lipinski definition) is 0. The van der Waals surface area contributed by atoms with Crippen LogP contribution in [0.15, 0.2) is 36.4 Å². The lowest BCUT2D eigenvalue weighted by Crippen LogP contribution is -1.96. The van der Waals surface area contributed by atoms with Gasteiger partial charge in [-0.1, -0.05) is 35.1 Å². The highest BCUT2D eigenvalue weighted by Gasteiger charge is 2.20. The number of rotatable bonds is 5. The smallest absolute Gasteiger partial charge is 0.235 e. The number of benzene rings is 2. The van der Waals surface area contributed by atoms with Gasteiger partial charge in [0.1, 0.15) is 5.75 Å². The first-order chi connectivity index (χ1) is 13.2. The summed E-state index contributed by atoms with van der Waals surface area (Å²) in [6, 6.07) is 11.1. The number of methoxy groups -OCH3 is 3. The zero-order valence-corrected chi connectivity index (χ0v) is 16.3. The Kier molecular flexibility index (Phi) is 4.59. The lowest BCUT2D eigenvalue weighted by molar-refractivity contribution is 0.349. The van der Waals surface area contributed by atoms with E-state index in [1.165, 1.54) is 11.3 Å². The molecule has 0 unspecified atom stereocenters. The third kappa shape index (κ3) is 2.96. The molecule has 138 valence electrons. The lowest BCUT2D eigenvalue weighted by atomic mass is 10.2. The Bertz CT molecular complexity index is 1130. The van der Waals surface area contributed by atoms with Gasteiger partial charge in [0.15, 0.2) is 22.3 Å². The van der Waals surface area contributed by atoms with Crippen LogP contribution in [0.3, 0.4) is 0 Å². The summed E-state index contributed by atoms with van der Waals surface area (Å²) in [5.41, 5.74) is 1.54.